The molecule has 0 atom stereocenters. The van der Waals surface area contributed by atoms with Gasteiger partial charge in [0.1, 0.15) is 0 Å². The molecule has 0 radical (unpaired) electrons. The Morgan fingerprint density at radius 1 is 1.27 bits per heavy atom. The zero-order valence-corrected chi connectivity index (χ0v) is 10.2. The van der Waals surface area contributed by atoms with Gasteiger partial charge in [-0.3, -0.25) is 0 Å². The lowest BCUT2D eigenvalue weighted by Gasteiger charge is -2.02. The highest BCUT2D eigenvalue weighted by atomic mass is 15.4. The minimum Gasteiger partial charge on any atom is -0.159 e. The Kier molecular flexibility index (Phi) is 3.83. The van der Waals surface area contributed by atoms with Crippen molar-refractivity contribution in [3.63, 3.8) is 0 Å². The van der Waals surface area contributed by atoms with Crippen molar-refractivity contribution in [3.05, 3.63) is 29.6 Å². The van der Waals surface area contributed by atoms with Crippen LogP contribution in [0, 0.1) is 6.92 Å². The summed E-state index contributed by atoms with van der Waals surface area (Å²) in [4.78, 5) is 0. The van der Waals surface area contributed by atoms with E-state index in [4.69, 9.17) is 0 Å². The monoisotopic (exact) mass is 205 g/mol. The summed E-state index contributed by atoms with van der Waals surface area (Å²) >= 11 is 0. The van der Waals surface area contributed by atoms with Gasteiger partial charge in [-0.25, -0.2) is 0 Å². The third-order valence-electron chi connectivity index (χ3n) is 2.22. The summed E-state index contributed by atoms with van der Waals surface area (Å²) in [6, 6.07) is 4.00. The lowest BCUT2D eigenvalue weighted by molar-refractivity contribution is 0.787. The largest absolute Gasteiger partial charge is 0.159 e. The van der Waals surface area contributed by atoms with Crippen LogP contribution >= 0.6 is 0 Å². The molecule has 0 aromatic carbocycles. The highest BCUT2D eigenvalue weighted by molar-refractivity contribution is 5.56. The molecule has 0 spiro atoms. The Morgan fingerprint density at radius 3 is 2.53 bits per heavy atom. The van der Waals surface area contributed by atoms with Gasteiger partial charge in [0.15, 0.2) is 0 Å². The van der Waals surface area contributed by atoms with Crippen molar-refractivity contribution in [2.45, 2.75) is 40.5 Å². The minimum atomic E-state index is 0.502. The predicted octanol–water partition coefficient (Wildman–Crippen LogP) is 3.19. The van der Waals surface area contributed by atoms with Gasteiger partial charge in [0, 0.05) is 11.8 Å². The van der Waals surface area contributed by atoms with E-state index in [1.165, 1.54) is 5.56 Å². The molecule has 15 heavy (non-hydrogen) atoms. The molecule has 82 valence electrons. The van der Waals surface area contributed by atoms with Crippen LogP contribution in [0.25, 0.3) is 5.52 Å². The van der Waals surface area contributed by atoms with Crippen molar-refractivity contribution in [1.29, 1.82) is 0 Å². The van der Waals surface area contributed by atoms with Crippen molar-refractivity contribution in [2.24, 2.45) is 0 Å². The Balaban J connectivity index is 0.000000531. The first-order valence-electron chi connectivity index (χ1n) is 5.50. The van der Waals surface area contributed by atoms with E-state index in [-0.39, 0.29) is 0 Å². The fraction of sp³-hybridized carbons (Fsp3) is 0.500. The Hall–Kier alpha value is -1.38. The Morgan fingerprint density at radius 2 is 1.93 bits per heavy atom. The molecule has 2 aromatic rings. The maximum absolute atomic E-state index is 4.34. The summed E-state index contributed by atoms with van der Waals surface area (Å²) in [5.41, 5.74) is 3.50. The number of nitrogens with zero attached hydrogens (tertiary/aromatic N) is 3. The molecule has 0 bridgehead atoms. The lowest BCUT2D eigenvalue weighted by atomic mass is 10.0. The van der Waals surface area contributed by atoms with E-state index in [0.29, 0.717) is 5.92 Å². The molecule has 0 amide bonds. The maximum atomic E-state index is 4.34. The average Bonchev–Trinajstić information content (AvgIpc) is 2.56. The van der Waals surface area contributed by atoms with Gasteiger partial charge >= 0.3 is 0 Å². The van der Waals surface area contributed by atoms with E-state index >= 15 is 0 Å². The molecular formula is C12H19N3. The van der Waals surface area contributed by atoms with Crippen LogP contribution in [0.1, 0.15) is 44.9 Å². The quantitative estimate of drug-likeness (QED) is 0.715. The number of fused-ring (bicyclic) bond motifs is 1. The molecule has 0 N–H and O–H groups in total. The third-order valence-corrected chi connectivity index (χ3v) is 2.22. The van der Waals surface area contributed by atoms with Gasteiger partial charge in [0.05, 0.1) is 11.2 Å². The van der Waals surface area contributed by atoms with Gasteiger partial charge < -0.3 is 0 Å². The summed E-state index contributed by atoms with van der Waals surface area (Å²) in [6.07, 6.45) is 1.75. The van der Waals surface area contributed by atoms with Crippen LogP contribution in [0.15, 0.2) is 18.3 Å². The summed E-state index contributed by atoms with van der Waals surface area (Å²) in [7, 11) is 0. The van der Waals surface area contributed by atoms with E-state index in [2.05, 4.69) is 30.1 Å². The molecule has 0 aliphatic rings. The predicted molar refractivity (Wildman–Crippen MR) is 63.2 cm³/mol. The van der Waals surface area contributed by atoms with Gasteiger partial charge in [0.2, 0.25) is 0 Å². The molecule has 0 fully saturated rings. The van der Waals surface area contributed by atoms with Crippen LogP contribution < -0.4 is 0 Å². The van der Waals surface area contributed by atoms with Gasteiger partial charge in [-0.1, -0.05) is 27.7 Å². The molecule has 3 heteroatoms. The molecular weight excluding hydrogens is 186 g/mol. The summed E-state index contributed by atoms with van der Waals surface area (Å²) in [6.45, 7) is 10.4. The number of hydrogen-bond acceptors (Lipinski definition) is 2. The molecule has 2 heterocycles. The van der Waals surface area contributed by atoms with Crippen molar-refractivity contribution in [2.75, 3.05) is 0 Å². The molecule has 0 unspecified atom stereocenters. The topological polar surface area (TPSA) is 30.2 Å². The smallest absolute Gasteiger partial charge is 0.0910 e. The number of hydrogen-bond donors (Lipinski definition) is 0. The first kappa shape index (κ1) is 11.7. The van der Waals surface area contributed by atoms with Crippen LogP contribution in [0.3, 0.4) is 0 Å². The highest BCUT2D eigenvalue weighted by Gasteiger charge is 2.11. The summed E-state index contributed by atoms with van der Waals surface area (Å²) < 4.78 is 1.70. The van der Waals surface area contributed by atoms with Gasteiger partial charge in [-0.05, 0) is 25.0 Å². The number of aryl methyl sites for hydroxylation is 1. The van der Waals surface area contributed by atoms with E-state index in [9.17, 15) is 0 Å². The molecule has 3 nitrogen and oxygen atoms in total. The van der Waals surface area contributed by atoms with Crippen LogP contribution in [0.4, 0.5) is 0 Å². The van der Waals surface area contributed by atoms with Gasteiger partial charge in [-0.15, -0.1) is 0 Å². The standard InChI is InChI=1S/C10H13N3.C2H6/c1-7(2)10-8(3)12-13-9(10)5-4-6-11-13;1-2/h4-7H,1-3H3;1-2H3. The summed E-state index contributed by atoms with van der Waals surface area (Å²) in [5.74, 6) is 0.502. The molecule has 0 saturated heterocycles. The molecule has 2 aromatic heterocycles. The molecule has 0 aliphatic carbocycles. The van der Waals surface area contributed by atoms with E-state index in [1.807, 2.05) is 26.8 Å². The normalized spacial score (nSPS) is 10.3. The third kappa shape index (κ3) is 2.17. The molecule has 2 rings (SSSR count). The van der Waals surface area contributed by atoms with Crippen molar-refractivity contribution >= 4 is 5.52 Å². The van der Waals surface area contributed by atoms with Gasteiger partial charge in [0.25, 0.3) is 0 Å². The Bertz CT molecular complexity index is 429. The van der Waals surface area contributed by atoms with Crippen molar-refractivity contribution in [1.82, 2.24) is 14.8 Å². The van der Waals surface area contributed by atoms with Crippen LogP contribution in [0.5, 0.6) is 0 Å². The van der Waals surface area contributed by atoms with E-state index < -0.39 is 0 Å². The number of aromatic nitrogens is 3. The zero-order chi connectivity index (χ0) is 11.4. The van der Waals surface area contributed by atoms with Crippen LogP contribution in [-0.2, 0) is 0 Å². The Labute approximate surface area is 91.1 Å². The second-order valence-electron chi connectivity index (χ2n) is 3.55. The first-order valence-corrected chi connectivity index (χ1v) is 5.50. The number of rotatable bonds is 1. The minimum absolute atomic E-state index is 0.502. The van der Waals surface area contributed by atoms with Crippen molar-refractivity contribution < 1.29 is 0 Å². The maximum Gasteiger partial charge on any atom is 0.0910 e. The fourth-order valence-electron chi connectivity index (χ4n) is 1.74. The van der Waals surface area contributed by atoms with Crippen LogP contribution in [-0.4, -0.2) is 14.8 Å². The van der Waals surface area contributed by atoms with Crippen LogP contribution in [0.2, 0.25) is 0 Å². The zero-order valence-electron chi connectivity index (χ0n) is 10.2. The van der Waals surface area contributed by atoms with E-state index in [0.717, 1.165) is 11.2 Å². The van der Waals surface area contributed by atoms with E-state index in [1.54, 1.807) is 10.8 Å². The second kappa shape index (κ2) is 4.91. The molecule has 0 aliphatic heterocycles. The molecule has 0 saturated carbocycles. The second-order valence-corrected chi connectivity index (χ2v) is 3.55. The first-order chi connectivity index (χ1) is 7.20. The fourth-order valence-corrected chi connectivity index (χ4v) is 1.74. The van der Waals surface area contributed by atoms with Gasteiger partial charge in [-0.2, -0.15) is 14.8 Å². The average molecular weight is 205 g/mol. The SMILES string of the molecule is CC.Cc1nn2ncccc2c1C(C)C. The van der Waals surface area contributed by atoms with Crippen molar-refractivity contribution in [3.8, 4) is 0 Å². The lowest BCUT2D eigenvalue weighted by Crippen LogP contribution is -1.91. The summed E-state index contributed by atoms with van der Waals surface area (Å²) in [5, 5.41) is 8.49. The highest BCUT2D eigenvalue weighted by Crippen LogP contribution is 2.22.